The summed E-state index contributed by atoms with van der Waals surface area (Å²) < 4.78 is 11.3. The second-order valence-corrected chi connectivity index (χ2v) is 5.35. The number of aromatic amines is 1. The fourth-order valence-electron chi connectivity index (χ4n) is 2.23. The van der Waals surface area contributed by atoms with Crippen LogP contribution < -0.4 is 4.74 Å². The molecule has 1 aliphatic rings. The van der Waals surface area contributed by atoms with Crippen LogP contribution in [0.25, 0.3) is 10.9 Å². The monoisotopic (exact) mass is 357 g/mol. The first-order chi connectivity index (χ1) is 8.69. The van der Waals surface area contributed by atoms with Gasteiger partial charge in [0.15, 0.2) is 0 Å². The summed E-state index contributed by atoms with van der Waals surface area (Å²) in [4.78, 5) is 14.6. The van der Waals surface area contributed by atoms with Gasteiger partial charge in [0.1, 0.15) is 5.75 Å². The Kier molecular flexibility index (Phi) is 2.93. The van der Waals surface area contributed by atoms with Crippen molar-refractivity contribution in [3.63, 3.8) is 0 Å². The second kappa shape index (κ2) is 4.46. The lowest BCUT2D eigenvalue weighted by atomic mass is 10.1. The molecule has 0 saturated heterocycles. The molecule has 1 aliphatic heterocycles. The van der Waals surface area contributed by atoms with E-state index in [0.717, 1.165) is 38.9 Å². The molecule has 1 N–H and O–H groups in total. The topological polar surface area (TPSA) is 51.3 Å². The lowest BCUT2D eigenvalue weighted by Gasteiger charge is -1.98. The molecule has 94 valence electrons. The van der Waals surface area contributed by atoms with Crippen LogP contribution in [0.4, 0.5) is 0 Å². The number of methoxy groups -OCH3 is 1. The summed E-state index contributed by atoms with van der Waals surface area (Å²) in [5, 5.41) is 1.11. The van der Waals surface area contributed by atoms with E-state index in [-0.39, 0.29) is 12.4 Å². The summed E-state index contributed by atoms with van der Waals surface area (Å²) in [6, 6.07) is 4.16. The molecule has 0 aliphatic carbocycles. The van der Waals surface area contributed by atoms with Crippen molar-refractivity contribution in [1.29, 1.82) is 0 Å². The average Bonchev–Trinajstić information content (AvgIpc) is 2.93. The minimum Gasteiger partial charge on any atom is -0.493 e. The van der Waals surface area contributed by atoms with E-state index in [1.165, 1.54) is 12.7 Å². The lowest BCUT2D eigenvalue weighted by molar-refractivity contribution is -0.139. The van der Waals surface area contributed by atoms with Crippen molar-refractivity contribution in [1.82, 2.24) is 4.98 Å². The van der Waals surface area contributed by atoms with Crippen molar-refractivity contribution in [2.24, 2.45) is 0 Å². The van der Waals surface area contributed by atoms with Gasteiger partial charge in [0.25, 0.3) is 0 Å². The number of ether oxygens (including phenoxy) is 2. The van der Waals surface area contributed by atoms with Crippen LogP contribution in [0.3, 0.4) is 0 Å². The standard InChI is InChI=1S/C13H12INO3/c1-17-12(16)6-10-13(14)8-5-11-7(2-3-18-11)4-9(8)15-10/h4-5,15H,2-3,6H2,1H3. The van der Waals surface area contributed by atoms with E-state index >= 15 is 0 Å². The Morgan fingerprint density at radius 2 is 2.39 bits per heavy atom. The van der Waals surface area contributed by atoms with Crippen LogP contribution in [-0.4, -0.2) is 24.7 Å². The Bertz CT molecular complexity index is 633. The normalized spacial score (nSPS) is 13.4. The molecule has 18 heavy (non-hydrogen) atoms. The number of carbonyl (C=O) groups is 1. The number of esters is 1. The van der Waals surface area contributed by atoms with Gasteiger partial charge in [-0.25, -0.2) is 0 Å². The van der Waals surface area contributed by atoms with Gasteiger partial charge in [-0.05, 0) is 40.3 Å². The fraction of sp³-hybridized carbons (Fsp3) is 0.308. The van der Waals surface area contributed by atoms with E-state index in [1.54, 1.807) is 0 Å². The maximum atomic E-state index is 11.3. The van der Waals surface area contributed by atoms with Gasteiger partial charge in [0.2, 0.25) is 0 Å². The molecule has 0 amide bonds. The van der Waals surface area contributed by atoms with Gasteiger partial charge in [-0.2, -0.15) is 0 Å². The highest BCUT2D eigenvalue weighted by Gasteiger charge is 2.18. The molecule has 2 heterocycles. The summed E-state index contributed by atoms with van der Waals surface area (Å²) >= 11 is 2.25. The van der Waals surface area contributed by atoms with Crippen LogP contribution >= 0.6 is 22.6 Å². The molecule has 0 atom stereocenters. The first-order valence-corrected chi connectivity index (χ1v) is 6.79. The number of nitrogens with one attached hydrogen (secondary N) is 1. The molecule has 0 spiro atoms. The van der Waals surface area contributed by atoms with Crippen LogP contribution in [-0.2, 0) is 22.4 Å². The minimum absolute atomic E-state index is 0.233. The highest BCUT2D eigenvalue weighted by atomic mass is 127. The zero-order valence-corrected chi connectivity index (χ0v) is 12.0. The third-order valence-electron chi connectivity index (χ3n) is 3.17. The SMILES string of the molecule is COC(=O)Cc1[nH]c2cc3c(cc2c1I)OCC3. The Morgan fingerprint density at radius 3 is 3.17 bits per heavy atom. The van der Waals surface area contributed by atoms with Gasteiger partial charge in [-0.3, -0.25) is 4.79 Å². The highest BCUT2D eigenvalue weighted by molar-refractivity contribution is 14.1. The largest absolute Gasteiger partial charge is 0.493 e. The van der Waals surface area contributed by atoms with Crippen LogP contribution in [0.5, 0.6) is 5.75 Å². The zero-order chi connectivity index (χ0) is 12.7. The smallest absolute Gasteiger partial charge is 0.311 e. The predicted molar refractivity (Wildman–Crippen MR) is 75.9 cm³/mol. The van der Waals surface area contributed by atoms with E-state index in [4.69, 9.17) is 9.47 Å². The number of hydrogen-bond acceptors (Lipinski definition) is 3. The molecule has 1 aromatic carbocycles. The highest BCUT2D eigenvalue weighted by Crippen LogP contribution is 2.33. The van der Waals surface area contributed by atoms with Gasteiger partial charge >= 0.3 is 5.97 Å². The number of hydrogen-bond donors (Lipinski definition) is 1. The molecule has 0 fully saturated rings. The van der Waals surface area contributed by atoms with E-state index < -0.39 is 0 Å². The molecule has 0 bridgehead atoms. The average molecular weight is 357 g/mol. The summed E-state index contributed by atoms with van der Waals surface area (Å²) in [6.07, 6.45) is 1.22. The lowest BCUT2D eigenvalue weighted by Crippen LogP contribution is -2.05. The first-order valence-electron chi connectivity index (χ1n) is 5.71. The summed E-state index contributed by atoms with van der Waals surface area (Å²) in [5.41, 5.74) is 3.19. The maximum absolute atomic E-state index is 11.3. The molecule has 2 aromatic rings. The first kappa shape index (κ1) is 11.8. The number of carbonyl (C=O) groups excluding carboxylic acids is 1. The zero-order valence-electron chi connectivity index (χ0n) is 9.88. The van der Waals surface area contributed by atoms with Crippen molar-refractivity contribution in [3.05, 3.63) is 27.0 Å². The molecule has 5 heteroatoms. The van der Waals surface area contributed by atoms with E-state index in [9.17, 15) is 4.79 Å². The summed E-state index contributed by atoms with van der Waals surface area (Å²) in [6.45, 7) is 0.757. The number of aromatic nitrogens is 1. The fourth-order valence-corrected chi connectivity index (χ4v) is 3.00. The van der Waals surface area contributed by atoms with Crippen LogP contribution in [0.2, 0.25) is 0 Å². The molecule has 1 aromatic heterocycles. The van der Waals surface area contributed by atoms with E-state index in [2.05, 4.69) is 39.7 Å². The number of fused-ring (bicyclic) bond motifs is 2. The number of halogens is 1. The summed E-state index contributed by atoms with van der Waals surface area (Å²) in [7, 11) is 1.40. The van der Waals surface area contributed by atoms with Crippen molar-refractivity contribution in [3.8, 4) is 5.75 Å². The van der Waals surface area contributed by atoms with Crippen LogP contribution in [0.1, 0.15) is 11.3 Å². The van der Waals surface area contributed by atoms with Crippen LogP contribution in [0, 0.1) is 3.57 Å². The Balaban J connectivity index is 2.08. The Morgan fingerprint density at radius 1 is 1.56 bits per heavy atom. The number of H-pyrrole nitrogens is 1. The van der Waals surface area contributed by atoms with Crippen molar-refractivity contribution < 1.29 is 14.3 Å². The number of benzene rings is 1. The maximum Gasteiger partial charge on any atom is 0.311 e. The van der Waals surface area contributed by atoms with Crippen molar-refractivity contribution >= 4 is 39.5 Å². The Hall–Kier alpha value is -1.24. The minimum atomic E-state index is -0.233. The van der Waals surface area contributed by atoms with Crippen molar-refractivity contribution in [2.45, 2.75) is 12.8 Å². The van der Waals surface area contributed by atoms with Crippen molar-refractivity contribution in [2.75, 3.05) is 13.7 Å². The molecular formula is C13H12INO3. The summed E-state index contributed by atoms with van der Waals surface area (Å²) in [5.74, 6) is 0.729. The molecule has 0 radical (unpaired) electrons. The molecule has 3 rings (SSSR count). The molecule has 4 nitrogen and oxygen atoms in total. The van der Waals surface area contributed by atoms with Gasteiger partial charge in [-0.1, -0.05) is 0 Å². The van der Waals surface area contributed by atoms with Gasteiger partial charge in [-0.15, -0.1) is 0 Å². The predicted octanol–water partition coefficient (Wildman–Crippen LogP) is 2.42. The van der Waals surface area contributed by atoms with Gasteiger partial charge < -0.3 is 14.5 Å². The van der Waals surface area contributed by atoms with Gasteiger partial charge in [0, 0.05) is 26.6 Å². The van der Waals surface area contributed by atoms with E-state index in [0.29, 0.717) is 0 Å². The Labute approximate surface area is 118 Å². The molecule has 0 unspecified atom stereocenters. The third-order valence-corrected chi connectivity index (χ3v) is 4.40. The molecular weight excluding hydrogens is 345 g/mol. The molecule has 0 saturated carbocycles. The number of rotatable bonds is 2. The van der Waals surface area contributed by atoms with Crippen LogP contribution in [0.15, 0.2) is 12.1 Å². The van der Waals surface area contributed by atoms with E-state index in [1.807, 2.05) is 0 Å². The van der Waals surface area contributed by atoms with Gasteiger partial charge in [0.05, 0.1) is 20.1 Å². The quantitative estimate of drug-likeness (QED) is 0.664. The third kappa shape index (κ3) is 1.86. The second-order valence-electron chi connectivity index (χ2n) is 4.27.